The van der Waals surface area contributed by atoms with Gasteiger partial charge in [-0.2, -0.15) is 11.8 Å². The zero-order valence-electron chi connectivity index (χ0n) is 11.8. The Hall–Kier alpha value is 0.270. The van der Waals surface area contributed by atoms with Crippen molar-refractivity contribution in [1.29, 1.82) is 0 Å². The monoisotopic (exact) mass is 246 g/mol. The van der Waals surface area contributed by atoms with Gasteiger partial charge in [0.15, 0.2) is 0 Å². The van der Waals surface area contributed by atoms with Crippen LogP contribution < -0.4 is 5.32 Å². The smallest absolute Gasteiger partial charge is 0.00745 e. The van der Waals surface area contributed by atoms with Crippen LogP contribution in [0.2, 0.25) is 0 Å². The van der Waals surface area contributed by atoms with E-state index >= 15 is 0 Å². The topological polar surface area (TPSA) is 15.3 Å². The van der Waals surface area contributed by atoms with Crippen LogP contribution in [0.4, 0.5) is 0 Å². The van der Waals surface area contributed by atoms with Gasteiger partial charge in [-0.3, -0.25) is 0 Å². The normalized spacial score (nSPS) is 15.4. The van der Waals surface area contributed by atoms with Crippen LogP contribution in [0.15, 0.2) is 0 Å². The van der Waals surface area contributed by atoms with Crippen LogP contribution in [0.5, 0.6) is 0 Å². The molecule has 3 heteroatoms. The van der Waals surface area contributed by atoms with Crippen LogP contribution in [-0.2, 0) is 0 Å². The molecule has 0 heterocycles. The molecule has 0 saturated carbocycles. The molecule has 0 aliphatic carbocycles. The first-order valence-electron chi connectivity index (χ1n) is 6.55. The van der Waals surface area contributed by atoms with E-state index in [2.05, 4.69) is 44.3 Å². The fourth-order valence-electron chi connectivity index (χ4n) is 1.83. The fraction of sp³-hybridized carbons (Fsp3) is 1.00. The third-order valence-corrected chi connectivity index (χ3v) is 4.00. The van der Waals surface area contributed by atoms with Gasteiger partial charge in [-0.05, 0) is 65.3 Å². The molecule has 1 N–H and O–H groups in total. The average molecular weight is 246 g/mol. The SMILES string of the molecule is CCNCCCC(C)N(C)C(C)CCSC. The summed E-state index contributed by atoms with van der Waals surface area (Å²) in [6, 6.07) is 1.41. The van der Waals surface area contributed by atoms with Crippen molar-refractivity contribution in [2.24, 2.45) is 0 Å². The van der Waals surface area contributed by atoms with Gasteiger partial charge in [0.25, 0.3) is 0 Å². The minimum Gasteiger partial charge on any atom is -0.317 e. The van der Waals surface area contributed by atoms with Crippen molar-refractivity contribution in [3.63, 3.8) is 0 Å². The van der Waals surface area contributed by atoms with Gasteiger partial charge < -0.3 is 10.2 Å². The summed E-state index contributed by atoms with van der Waals surface area (Å²) in [5.41, 5.74) is 0. The van der Waals surface area contributed by atoms with Gasteiger partial charge >= 0.3 is 0 Å². The molecular formula is C13H30N2S. The van der Waals surface area contributed by atoms with E-state index in [0.29, 0.717) is 12.1 Å². The first kappa shape index (κ1) is 16.3. The summed E-state index contributed by atoms with van der Waals surface area (Å²) in [7, 11) is 2.27. The quantitative estimate of drug-likeness (QED) is 0.597. The Labute approximate surface area is 107 Å². The van der Waals surface area contributed by atoms with Crippen molar-refractivity contribution in [2.75, 3.05) is 32.1 Å². The molecule has 0 rings (SSSR count). The highest BCUT2D eigenvalue weighted by Crippen LogP contribution is 2.12. The van der Waals surface area contributed by atoms with Gasteiger partial charge in [-0.25, -0.2) is 0 Å². The molecule has 0 fully saturated rings. The van der Waals surface area contributed by atoms with Crippen molar-refractivity contribution < 1.29 is 0 Å². The molecule has 0 amide bonds. The summed E-state index contributed by atoms with van der Waals surface area (Å²) in [6.45, 7) is 9.11. The zero-order chi connectivity index (χ0) is 12.4. The molecule has 0 aliphatic rings. The summed E-state index contributed by atoms with van der Waals surface area (Å²) in [5, 5.41) is 3.38. The molecule has 2 atom stereocenters. The van der Waals surface area contributed by atoms with Gasteiger partial charge in [-0.15, -0.1) is 0 Å². The van der Waals surface area contributed by atoms with E-state index in [9.17, 15) is 0 Å². The standard InChI is InChI=1S/C13H30N2S/c1-6-14-10-7-8-12(2)15(4)13(3)9-11-16-5/h12-14H,6-11H2,1-5H3. The van der Waals surface area contributed by atoms with E-state index in [1.807, 2.05) is 11.8 Å². The highest BCUT2D eigenvalue weighted by molar-refractivity contribution is 7.98. The lowest BCUT2D eigenvalue weighted by Crippen LogP contribution is -2.37. The largest absolute Gasteiger partial charge is 0.317 e. The van der Waals surface area contributed by atoms with Gasteiger partial charge in [0.2, 0.25) is 0 Å². The Morgan fingerprint density at radius 3 is 2.38 bits per heavy atom. The van der Waals surface area contributed by atoms with Crippen molar-refractivity contribution >= 4 is 11.8 Å². The third-order valence-electron chi connectivity index (χ3n) is 3.36. The molecule has 0 aromatic heterocycles. The van der Waals surface area contributed by atoms with E-state index in [4.69, 9.17) is 0 Å². The molecule has 0 radical (unpaired) electrons. The molecule has 98 valence electrons. The molecule has 2 unspecified atom stereocenters. The maximum Gasteiger partial charge on any atom is 0.00745 e. The second-order valence-electron chi connectivity index (χ2n) is 4.64. The van der Waals surface area contributed by atoms with Gasteiger partial charge in [0.05, 0.1) is 0 Å². The first-order chi connectivity index (χ1) is 7.63. The summed E-state index contributed by atoms with van der Waals surface area (Å²) >= 11 is 1.95. The van der Waals surface area contributed by atoms with Crippen molar-refractivity contribution in [1.82, 2.24) is 10.2 Å². The minimum atomic E-state index is 0.704. The fourth-order valence-corrected chi connectivity index (χ4v) is 2.41. The van der Waals surface area contributed by atoms with E-state index in [-0.39, 0.29) is 0 Å². The Morgan fingerprint density at radius 2 is 1.81 bits per heavy atom. The van der Waals surface area contributed by atoms with Crippen molar-refractivity contribution in [2.45, 2.75) is 52.1 Å². The molecule has 0 spiro atoms. The number of nitrogens with one attached hydrogen (secondary N) is 1. The van der Waals surface area contributed by atoms with Crippen molar-refractivity contribution in [3.8, 4) is 0 Å². The van der Waals surface area contributed by atoms with Crippen LogP contribution in [0, 0.1) is 0 Å². The maximum absolute atomic E-state index is 3.38. The molecule has 0 saturated heterocycles. The van der Waals surface area contributed by atoms with Crippen LogP contribution in [0.1, 0.15) is 40.0 Å². The maximum atomic E-state index is 3.38. The zero-order valence-corrected chi connectivity index (χ0v) is 12.6. The Morgan fingerprint density at radius 1 is 1.19 bits per heavy atom. The Kier molecular flexibility index (Phi) is 10.6. The lowest BCUT2D eigenvalue weighted by atomic mass is 10.1. The predicted octanol–water partition coefficient (Wildman–Crippen LogP) is 2.84. The van der Waals surface area contributed by atoms with E-state index < -0.39 is 0 Å². The Bertz CT molecular complexity index is 153. The highest BCUT2D eigenvalue weighted by atomic mass is 32.2. The van der Waals surface area contributed by atoms with Crippen LogP contribution in [0.25, 0.3) is 0 Å². The number of hydrogen-bond donors (Lipinski definition) is 1. The molecule has 2 nitrogen and oxygen atoms in total. The van der Waals surface area contributed by atoms with E-state index in [0.717, 1.165) is 13.1 Å². The number of rotatable bonds is 10. The molecular weight excluding hydrogens is 216 g/mol. The molecule has 16 heavy (non-hydrogen) atoms. The molecule has 0 aromatic rings. The van der Waals surface area contributed by atoms with Gasteiger partial charge in [0.1, 0.15) is 0 Å². The van der Waals surface area contributed by atoms with Crippen LogP contribution >= 0.6 is 11.8 Å². The molecule has 0 aliphatic heterocycles. The average Bonchev–Trinajstić information content (AvgIpc) is 2.30. The minimum absolute atomic E-state index is 0.704. The van der Waals surface area contributed by atoms with Crippen molar-refractivity contribution in [3.05, 3.63) is 0 Å². The third kappa shape index (κ3) is 7.53. The number of nitrogens with zero attached hydrogens (tertiary/aromatic N) is 1. The predicted molar refractivity (Wildman–Crippen MR) is 77.5 cm³/mol. The Balaban J connectivity index is 3.66. The highest BCUT2D eigenvalue weighted by Gasteiger charge is 2.14. The second-order valence-corrected chi connectivity index (χ2v) is 5.63. The molecule has 0 aromatic carbocycles. The van der Waals surface area contributed by atoms with E-state index in [1.165, 1.54) is 25.0 Å². The lowest BCUT2D eigenvalue weighted by molar-refractivity contribution is 0.182. The summed E-state index contributed by atoms with van der Waals surface area (Å²) in [4.78, 5) is 2.53. The summed E-state index contributed by atoms with van der Waals surface area (Å²) in [5.74, 6) is 1.27. The summed E-state index contributed by atoms with van der Waals surface area (Å²) < 4.78 is 0. The second kappa shape index (κ2) is 10.4. The molecule has 0 bridgehead atoms. The van der Waals surface area contributed by atoms with Crippen LogP contribution in [-0.4, -0.2) is 49.1 Å². The number of thioether (sulfide) groups is 1. The first-order valence-corrected chi connectivity index (χ1v) is 7.94. The van der Waals surface area contributed by atoms with Gasteiger partial charge in [-0.1, -0.05) is 6.92 Å². The summed E-state index contributed by atoms with van der Waals surface area (Å²) in [6.07, 6.45) is 6.07. The lowest BCUT2D eigenvalue weighted by Gasteiger charge is -2.31. The van der Waals surface area contributed by atoms with E-state index in [1.54, 1.807) is 0 Å². The van der Waals surface area contributed by atoms with Gasteiger partial charge in [0, 0.05) is 12.1 Å². The number of hydrogen-bond acceptors (Lipinski definition) is 3. The van der Waals surface area contributed by atoms with Crippen LogP contribution in [0.3, 0.4) is 0 Å².